The zero-order chi connectivity index (χ0) is 19.3. The number of carbonyl (C=O) groups excluding carboxylic acids is 1. The first-order chi connectivity index (χ1) is 13.7. The molecule has 4 rings (SSSR count). The third-order valence-electron chi connectivity index (χ3n) is 4.39. The van der Waals surface area contributed by atoms with Gasteiger partial charge in [-0.15, -0.1) is 16.4 Å². The second kappa shape index (κ2) is 8.37. The van der Waals surface area contributed by atoms with Crippen molar-refractivity contribution in [3.8, 4) is 0 Å². The maximum absolute atomic E-state index is 12.2. The van der Waals surface area contributed by atoms with E-state index in [9.17, 15) is 4.79 Å². The molecule has 3 aromatic rings. The summed E-state index contributed by atoms with van der Waals surface area (Å²) in [6, 6.07) is 11.4. The van der Waals surface area contributed by atoms with Gasteiger partial charge in [-0.25, -0.2) is 0 Å². The quantitative estimate of drug-likeness (QED) is 0.686. The number of amides is 1. The Morgan fingerprint density at radius 2 is 1.89 bits per heavy atom. The van der Waals surface area contributed by atoms with E-state index in [0.717, 1.165) is 48.9 Å². The van der Waals surface area contributed by atoms with Crippen LogP contribution >= 0.6 is 11.3 Å². The van der Waals surface area contributed by atoms with Crippen LogP contribution in [0.15, 0.2) is 48.0 Å². The number of nitrogens with one attached hydrogen (secondary N) is 2. The zero-order valence-corrected chi connectivity index (χ0v) is 16.3. The summed E-state index contributed by atoms with van der Waals surface area (Å²) in [7, 11) is 0. The number of carbonyl (C=O) groups is 1. The highest BCUT2D eigenvalue weighted by Crippen LogP contribution is 2.22. The van der Waals surface area contributed by atoms with Crippen molar-refractivity contribution < 1.29 is 9.53 Å². The number of hydrogen-bond donors (Lipinski definition) is 2. The highest BCUT2D eigenvalue weighted by atomic mass is 32.1. The van der Waals surface area contributed by atoms with Crippen LogP contribution in [0.2, 0.25) is 0 Å². The molecule has 8 heteroatoms. The minimum atomic E-state index is -0.0945. The molecule has 0 atom stereocenters. The van der Waals surface area contributed by atoms with Crippen LogP contribution in [0.5, 0.6) is 0 Å². The number of benzene rings is 1. The molecule has 2 aromatic heterocycles. The molecule has 2 N–H and O–H groups in total. The Kier molecular flexibility index (Phi) is 5.50. The van der Waals surface area contributed by atoms with Crippen LogP contribution in [0.25, 0.3) is 0 Å². The second-order valence-electron chi connectivity index (χ2n) is 6.54. The maximum Gasteiger partial charge on any atom is 0.265 e. The van der Waals surface area contributed by atoms with E-state index in [0.29, 0.717) is 10.7 Å². The lowest BCUT2D eigenvalue weighted by molar-refractivity contribution is 0.103. The fourth-order valence-electron chi connectivity index (χ4n) is 2.94. The number of nitrogens with zero attached hydrogens (tertiary/aromatic N) is 3. The van der Waals surface area contributed by atoms with Crippen molar-refractivity contribution >= 4 is 40.1 Å². The average Bonchev–Trinajstić information content (AvgIpc) is 3.17. The molecule has 0 aliphatic carbocycles. The minimum Gasteiger partial charge on any atom is -0.378 e. The van der Waals surface area contributed by atoms with Gasteiger partial charge in [-0.05, 0) is 48.2 Å². The van der Waals surface area contributed by atoms with Crippen LogP contribution in [-0.4, -0.2) is 42.4 Å². The third-order valence-corrected chi connectivity index (χ3v) is 5.43. The van der Waals surface area contributed by atoms with Gasteiger partial charge in [0.05, 0.1) is 30.0 Å². The highest BCUT2D eigenvalue weighted by molar-refractivity contribution is 7.12. The number of rotatable bonds is 5. The molecule has 1 aliphatic rings. The predicted molar refractivity (Wildman–Crippen MR) is 112 cm³/mol. The number of anilines is 4. The highest BCUT2D eigenvalue weighted by Gasteiger charge is 2.12. The fourth-order valence-corrected chi connectivity index (χ4v) is 3.73. The smallest absolute Gasteiger partial charge is 0.265 e. The maximum atomic E-state index is 12.2. The summed E-state index contributed by atoms with van der Waals surface area (Å²) in [6.07, 6.45) is 1.77. The lowest BCUT2D eigenvalue weighted by Gasteiger charge is -2.28. The first kappa shape index (κ1) is 18.4. The number of aromatic nitrogens is 2. The summed E-state index contributed by atoms with van der Waals surface area (Å²) in [6.45, 7) is 5.13. The lowest BCUT2D eigenvalue weighted by Crippen LogP contribution is -2.36. The third kappa shape index (κ3) is 4.47. The Labute approximate surface area is 167 Å². The van der Waals surface area contributed by atoms with Crippen LogP contribution in [-0.2, 0) is 4.74 Å². The van der Waals surface area contributed by atoms with Gasteiger partial charge in [-0.2, -0.15) is 5.10 Å². The van der Waals surface area contributed by atoms with Crippen molar-refractivity contribution in [2.24, 2.45) is 0 Å². The van der Waals surface area contributed by atoms with Gasteiger partial charge in [-0.1, -0.05) is 0 Å². The summed E-state index contributed by atoms with van der Waals surface area (Å²) in [5, 5.41) is 16.4. The molecule has 7 nitrogen and oxygen atoms in total. The molecule has 3 heterocycles. The van der Waals surface area contributed by atoms with E-state index in [4.69, 9.17) is 4.74 Å². The molecule has 0 unspecified atom stereocenters. The van der Waals surface area contributed by atoms with Gasteiger partial charge < -0.3 is 20.3 Å². The largest absolute Gasteiger partial charge is 0.378 e. The van der Waals surface area contributed by atoms with Crippen LogP contribution in [0.1, 0.15) is 15.2 Å². The van der Waals surface area contributed by atoms with E-state index >= 15 is 0 Å². The number of hydrogen-bond acceptors (Lipinski definition) is 7. The molecular weight excluding hydrogens is 374 g/mol. The van der Waals surface area contributed by atoms with E-state index in [-0.39, 0.29) is 5.91 Å². The van der Waals surface area contributed by atoms with E-state index in [1.54, 1.807) is 6.20 Å². The first-order valence-corrected chi connectivity index (χ1v) is 9.94. The van der Waals surface area contributed by atoms with Crippen LogP contribution < -0.4 is 15.5 Å². The van der Waals surface area contributed by atoms with Gasteiger partial charge in [0.1, 0.15) is 0 Å². The normalized spacial score (nSPS) is 14.0. The van der Waals surface area contributed by atoms with Crippen molar-refractivity contribution in [2.75, 3.05) is 41.8 Å². The molecule has 1 saturated heterocycles. The second-order valence-corrected chi connectivity index (χ2v) is 7.45. The van der Waals surface area contributed by atoms with Crippen LogP contribution in [0.3, 0.4) is 0 Å². The summed E-state index contributed by atoms with van der Waals surface area (Å²) in [5.41, 5.74) is 3.74. The Hall–Kier alpha value is -2.97. The van der Waals surface area contributed by atoms with Gasteiger partial charge in [-0.3, -0.25) is 4.79 Å². The fraction of sp³-hybridized carbons (Fsp3) is 0.250. The average molecular weight is 395 g/mol. The topological polar surface area (TPSA) is 79.4 Å². The standard InChI is InChI=1S/C20H21N5O2S/c1-14-10-18(28-13-14)20(26)23-16-4-2-15(3-5-16)22-19-11-17(12-21-24-19)25-6-8-27-9-7-25/h2-5,10-13H,6-9H2,1H3,(H,22,24)(H,23,26). The Morgan fingerprint density at radius 3 is 2.61 bits per heavy atom. The van der Waals surface area contributed by atoms with Gasteiger partial charge in [0.2, 0.25) is 0 Å². The number of thiophene rings is 1. The molecule has 0 radical (unpaired) electrons. The van der Waals surface area contributed by atoms with E-state index in [1.165, 1.54) is 11.3 Å². The molecule has 0 spiro atoms. The molecular formula is C20H21N5O2S. The van der Waals surface area contributed by atoms with E-state index < -0.39 is 0 Å². The molecule has 0 saturated carbocycles. The monoisotopic (exact) mass is 395 g/mol. The molecule has 1 fully saturated rings. The Morgan fingerprint density at radius 1 is 1.14 bits per heavy atom. The minimum absolute atomic E-state index is 0.0945. The predicted octanol–water partition coefficient (Wildman–Crippen LogP) is 3.68. The van der Waals surface area contributed by atoms with Gasteiger partial charge in [0.15, 0.2) is 5.82 Å². The van der Waals surface area contributed by atoms with Crippen molar-refractivity contribution in [3.05, 3.63) is 58.4 Å². The number of aryl methyl sites for hydroxylation is 1. The van der Waals surface area contributed by atoms with Crippen molar-refractivity contribution in [3.63, 3.8) is 0 Å². The Balaban J connectivity index is 1.40. The molecule has 1 aliphatic heterocycles. The van der Waals surface area contributed by atoms with Crippen LogP contribution in [0.4, 0.5) is 22.9 Å². The molecule has 0 bridgehead atoms. The summed E-state index contributed by atoms with van der Waals surface area (Å²) < 4.78 is 5.39. The molecule has 28 heavy (non-hydrogen) atoms. The van der Waals surface area contributed by atoms with Crippen molar-refractivity contribution in [2.45, 2.75) is 6.92 Å². The lowest BCUT2D eigenvalue weighted by atomic mass is 10.2. The SMILES string of the molecule is Cc1csc(C(=O)Nc2ccc(Nc3cc(N4CCOCC4)cnn3)cc2)c1. The Bertz CT molecular complexity index is 951. The molecule has 1 aromatic carbocycles. The van der Waals surface area contributed by atoms with Crippen molar-refractivity contribution in [1.82, 2.24) is 10.2 Å². The van der Waals surface area contributed by atoms with E-state index in [1.807, 2.05) is 48.7 Å². The van der Waals surface area contributed by atoms with Crippen LogP contribution in [0, 0.1) is 6.92 Å². The summed E-state index contributed by atoms with van der Waals surface area (Å²) in [4.78, 5) is 15.2. The first-order valence-electron chi connectivity index (χ1n) is 9.06. The van der Waals surface area contributed by atoms with Gasteiger partial charge >= 0.3 is 0 Å². The molecule has 144 valence electrons. The van der Waals surface area contributed by atoms with Gasteiger partial charge in [0.25, 0.3) is 5.91 Å². The number of morpholine rings is 1. The molecule has 1 amide bonds. The number of ether oxygens (including phenoxy) is 1. The van der Waals surface area contributed by atoms with E-state index in [2.05, 4.69) is 25.7 Å². The summed E-state index contributed by atoms with van der Waals surface area (Å²) in [5.74, 6) is 0.581. The summed E-state index contributed by atoms with van der Waals surface area (Å²) >= 11 is 1.44. The zero-order valence-electron chi connectivity index (χ0n) is 15.5. The van der Waals surface area contributed by atoms with Gasteiger partial charge in [0, 0.05) is 30.5 Å². The van der Waals surface area contributed by atoms with Crippen molar-refractivity contribution in [1.29, 1.82) is 0 Å².